The summed E-state index contributed by atoms with van der Waals surface area (Å²) in [6, 6.07) is 0. The lowest BCUT2D eigenvalue weighted by atomic mass is 10.2. The molecule has 2 nitrogen and oxygen atoms in total. The van der Waals surface area contributed by atoms with Gasteiger partial charge >= 0.3 is 0 Å². The zero-order valence-electron chi connectivity index (χ0n) is 6.43. The third kappa shape index (κ3) is 2.06. The van der Waals surface area contributed by atoms with E-state index < -0.39 is 10.8 Å². The second kappa shape index (κ2) is 4.09. The van der Waals surface area contributed by atoms with Gasteiger partial charge in [0.2, 0.25) is 0 Å². The topological polar surface area (TPSA) is 29.1 Å². The molecule has 0 bridgehead atoms. The van der Waals surface area contributed by atoms with Crippen molar-refractivity contribution in [1.29, 1.82) is 0 Å². The number of hydrogen-bond acceptors (Lipinski definition) is 2. The van der Waals surface area contributed by atoms with E-state index in [1.54, 1.807) is 0 Å². The molecule has 60 valence electrons. The van der Waals surface area contributed by atoms with Gasteiger partial charge in [-0.05, 0) is 6.42 Å². The molecule has 1 saturated heterocycles. The maximum Gasteiger partial charge on any atom is 0.0473 e. The molecular formula is C7H15NOS. The molecule has 0 aromatic heterocycles. The van der Waals surface area contributed by atoms with Crippen molar-refractivity contribution in [2.24, 2.45) is 0 Å². The molecule has 0 aromatic rings. The lowest BCUT2D eigenvalue weighted by Gasteiger charge is -2.21. The van der Waals surface area contributed by atoms with Crippen molar-refractivity contribution in [3.8, 4) is 0 Å². The number of rotatable bonds is 2. The molecule has 0 saturated carbocycles. The molecular weight excluding hydrogens is 146 g/mol. The number of nitrogens with one attached hydrogen (secondary N) is 1. The summed E-state index contributed by atoms with van der Waals surface area (Å²) in [5.74, 6) is 0.852. The van der Waals surface area contributed by atoms with Gasteiger partial charge in [0.05, 0.1) is 0 Å². The van der Waals surface area contributed by atoms with E-state index in [-0.39, 0.29) is 0 Å². The first-order valence-electron chi connectivity index (χ1n) is 3.92. The first-order chi connectivity index (χ1) is 4.84. The van der Waals surface area contributed by atoms with Crippen molar-refractivity contribution in [2.75, 3.05) is 18.8 Å². The van der Waals surface area contributed by atoms with E-state index in [2.05, 4.69) is 12.2 Å². The van der Waals surface area contributed by atoms with E-state index >= 15 is 0 Å². The Bertz CT molecular complexity index is 125. The van der Waals surface area contributed by atoms with Crippen LogP contribution in [-0.4, -0.2) is 28.3 Å². The highest BCUT2D eigenvalue weighted by atomic mass is 32.2. The molecule has 0 aromatic carbocycles. The van der Waals surface area contributed by atoms with Gasteiger partial charge in [-0.1, -0.05) is 13.3 Å². The van der Waals surface area contributed by atoms with Crippen LogP contribution in [0.3, 0.4) is 0 Å². The van der Waals surface area contributed by atoms with Gasteiger partial charge < -0.3 is 5.32 Å². The average molecular weight is 161 g/mol. The Kier molecular flexibility index (Phi) is 3.35. The van der Waals surface area contributed by atoms with Gasteiger partial charge in [-0.25, -0.2) is 0 Å². The Morgan fingerprint density at radius 3 is 3.10 bits per heavy atom. The third-order valence-electron chi connectivity index (χ3n) is 1.83. The van der Waals surface area contributed by atoms with Crippen LogP contribution in [0.5, 0.6) is 0 Å². The van der Waals surface area contributed by atoms with Crippen LogP contribution in [0.15, 0.2) is 0 Å². The van der Waals surface area contributed by atoms with E-state index in [0.717, 1.165) is 31.7 Å². The second-order valence-electron chi connectivity index (χ2n) is 2.70. The number of hydrogen-bond donors (Lipinski definition) is 1. The van der Waals surface area contributed by atoms with Crippen LogP contribution in [-0.2, 0) is 10.8 Å². The standard InChI is InChI=1S/C7H15NOS/c1-2-3-7-6-8-4-5-10(7)9/h7-8H,2-6H2,1H3. The largest absolute Gasteiger partial charge is 0.315 e. The molecule has 1 fully saturated rings. The first kappa shape index (κ1) is 8.21. The smallest absolute Gasteiger partial charge is 0.0473 e. The van der Waals surface area contributed by atoms with Crippen molar-refractivity contribution in [3.05, 3.63) is 0 Å². The summed E-state index contributed by atoms with van der Waals surface area (Å²) in [7, 11) is -0.540. The predicted octanol–water partition coefficient (Wildman–Crippen LogP) is 0.507. The Hall–Kier alpha value is 0.110. The fourth-order valence-electron chi connectivity index (χ4n) is 1.25. The minimum absolute atomic E-state index is 0.429. The third-order valence-corrected chi connectivity index (χ3v) is 3.59. The van der Waals surface area contributed by atoms with Crippen LogP contribution < -0.4 is 5.32 Å². The monoisotopic (exact) mass is 161 g/mol. The van der Waals surface area contributed by atoms with Gasteiger partial charge in [0.25, 0.3) is 0 Å². The molecule has 1 aliphatic heterocycles. The normalized spacial score (nSPS) is 34.1. The van der Waals surface area contributed by atoms with Crippen molar-refractivity contribution >= 4 is 10.8 Å². The van der Waals surface area contributed by atoms with Crippen molar-refractivity contribution < 1.29 is 4.21 Å². The average Bonchev–Trinajstić information content (AvgIpc) is 1.94. The highest BCUT2D eigenvalue weighted by molar-refractivity contribution is 7.85. The maximum atomic E-state index is 11.3. The molecule has 1 aliphatic rings. The van der Waals surface area contributed by atoms with Crippen LogP contribution in [0, 0.1) is 0 Å². The fourth-order valence-corrected chi connectivity index (χ4v) is 2.73. The molecule has 0 radical (unpaired) electrons. The Labute approximate surface area is 64.8 Å². The molecule has 0 aliphatic carbocycles. The van der Waals surface area contributed by atoms with Crippen LogP contribution in [0.1, 0.15) is 19.8 Å². The molecule has 0 amide bonds. The minimum Gasteiger partial charge on any atom is -0.315 e. The van der Waals surface area contributed by atoms with E-state index in [1.807, 2.05) is 0 Å². The SMILES string of the molecule is CCCC1CNCCS1=O. The lowest BCUT2D eigenvalue weighted by molar-refractivity contribution is 0.589. The quantitative estimate of drug-likeness (QED) is 0.639. The molecule has 2 atom stereocenters. The van der Waals surface area contributed by atoms with E-state index in [1.165, 1.54) is 0 Å². The van der Waals surface area contributed by atoms with Crippen LogP contribution in [0.25, 0.3) is 0 Å². The van der Waals surface area contributed by atoms with Gasteiger partial charge in [-0.2, -0.15) is 0 Å². The van der Waals surface area contributed by atoms with Crippen LogP contribution >= 0.6 is 0 Å². The summed E-state index contributed by atoms with van der Waals surface area (Å²) in [6.45, 7) is 4.04. The van der Waals surface area contributed by atoms with E-state index in [9.17, 15) is 4.21 Å². The van der Waals surface area contributed by atoms with Crippen LogP contribution in [0.4, 0.5) is 0 Å². The molecule has 2 unspecified atom stereocenters. The summed E-state index contributed by atoms with van der Waals surface area (Å²) < 4.78 is 11.3. The minimum atomic E-state index is -0.540. The van der Waals surface area contributed by atoms with Crippen LogP contribution in [0.2, 0.25) is 0 Å². The molecule has 1 rings (SSSR count). The molecule has 0 spiro atoms. The molecule has 1 heterocycles. The van der Waals surface area contributed by atoms with E-state index in [0.29, 0.717) is 5.25 Å². The molecule has 1 N–H and O–H groups in total. The van der Waals surface area contributed by atoms with Gasteiger partial charge in [-0.15, -0.1) is 0 Å². The van der Waals surface area contributed by atoms with Gasteiger partial charge in [-0.3, -0.25) is 4.21 Å². The van der Waals surface area contributed by atoms with Gasteiger partial charge in [0.1, 0.15) is 0 Å². The van der Waals surface area contributed by atoms with Gasteiger partial charge in [0, 0.05) is 34.9 Å². The summed E-state index contributed by atoms with van der Waals surface area (Å²) in [6.07, 6.45) is 2.26. The summed E-state index contributed by atoms with van der Waals surface area (Å²) in [5.41, 5.74) is 0. The Balaban J connectivity index is 2.32. The van der Waals surface area contributed by atoms with Crippen molar-refractivity contribution in [3.63, 3.8) is 0 Å². The highest BCUT2D eigenvalue weighted by Crippen LogP contribution is 2.07. The van der Waals surface area contributed by atoms with Crippen molar-refractivity contribution in [1.82, 2.24) is 5.32 Å². The predicted molar refractivity (Wildman–Crippen MR) is 44.6 cm³/mol. The van der Waals surface area contributed by atoms with Crippen molar-refractivity contribution in [2.45, 2.75) is 25.0 Å². The summed E-state index contributed by atoms with van der Waals surface area (Å²) in [4.78, 5) is 0. The zero-order valence-corrected chi connectivity index (χ0v) is 7.25. The maximum absolute atomic E-state index is 11.3. The molecule has 10 heavy (non-hydrogen) atoms. The van der Waals surface area contributed by atoms with E-state index in [4.69, 9.17) is 0 Å². The second-order valence-corrected chi connectivity index (χ2v) is 4.54. The lowest BCUT2D eigenvalue weighted by Crippen LogP contribution is -2.40. The Morgan fingerprint density at radius 1 is 1.70 bits per heavy atom. The summed E-state index contributed by atoms with van der Waals surface area (Å²) in [5, 5.41) is 3.69. The Morgan fingerprint density at radius 2 is 2.50 bits per heavy atom. The fraction of sp³-hybridized carbons (Fsp3) is 1.00. The molecule has 3 heteroatoms. The highest BCUT2D eigenvalue weighted by Gasteiger charge is 2.18. The zero-order chi connectivity index (χ0) is 7.40. The summed E-state index contributed by atoms with van der Waals surface area (Å²) >= 11 is 0. The first-order valence-corrected chi connectivity index (χ1v) is 5.30. The van der Waals surface area contributed by atoms with Gasteiger partial charge in [0.15, 0.2) is 0 Å².